The van der Waals surface area contributed by atoms with Crippen molar-refractivity contribution >= 4 is 11.0 Å². The quantitative estimate of drug-likeness (QED) is 0.788. The van der Waals surface area contributed by atoms with Crippen molar-refractivity contribution in [3.63, 3.8) is 0 Å². The van der Waals surface area contributed by atoms with Crippen LogP contribution in [0.15, 0.2) is 24.5 Å². The van der Waals surface area contributed by atoms with E-state index < -0.39 is 0 Å². The molecule has 0 spiro atoms. The molecule has 0 aliphatic heterocycles. The highest BCUT2D eigenvalue weighted by Crippen LogP contribution is 2.16. The van der Waals surface area contributed by atoms with Gasteiger partial charge in [-0.15, -0.1) is 0 Å². The van der Waals surface area contributed by atoms with Crippen molar-refractivity contribution in [2.75, 3.05) is 0 Å². The average Bonchev–Trinajstić information content (AvgIpc) is 2.74. The van der Waals surface area contributed by atoms with Crippen LogP contribution in [0.1, 0.15) is 22.8 Å². The van der Waals surface area contributed by atoms with Gasteiger partial charge in [0.25, 0.3) is 0 Å². The number of pyridine rings is 1. The average molecular weight is 282 g/mol. The lowest BCUT2D eigenvalue weighted by Crippen LogP contribution is -2.14. The molecule has 0 atom stereocenters. The van der Waals surface area contributed by atoms with Crippen LogP contribution in [-0.2, 0) is 20.1 Å². The van der Waals surface area contributed by atoms with Crippen molar-refractivity contribution in [3.05, 3.63) is 47.3 Å². The fourth-order valence-corrected chi connectivity index (χ4v) is 2.39. The minimum absolute atomic E-state index is 0.716. The number of fused-ring (bicyclic) bond motifs is 1. The molecule has 108 valence electrons. The van der Waals surface area contributed by atoms with E-state index in [9.17, 15) is 0 Å². The Labute approximate surface area is 123 Å². The number of aromatic nitrogens is 5. The lowest BCUT2D eigenvalue weighted by Gasteiger charge is -2.05. The first kappa shape index (κ1) is 13.6. The van der Waals surface area contributed by atoms with Gasteiger partial charge < -0.3 is 5.32 Å². The van der Waals surface area contributed by atoms with Gasteiger partial charge in [0.15, 0.2) is 5.65 Å². The summed E-state index contributed by atoms with van der Waals surface area (Å²) in [5, 5.41) is 8.87. The summed E-state index contributed by atoms with van der Waals surface area (Å²) in [5.74, 6) is 0.795. The van der Waals surface area contributed by atoms with Gasteiger partial charge in [0.1, 0.15) is 5.82 Å². The van der Waals surface area contributed by atoms with Crippen LogP contribution in [0.4, 0.5) is 0 Å². The van der Waals surface area contributed by atoms with E-state index in [0.29, 0.717) is 6.54 Å². The van der Waals surface area contributed by atoms with E-state index >= 15 is 0 Å². The van der Waals surface area contributed by atoms with Crippen LogP contribution in [0, 0.1) is 13.8 Å². The molecule has 3 aromatic heterocycles. The second-order valence-electron chi connectivity index (χ2n) is 5.12. The Balaban J connectivity index is 1.69. The van der Waals surface area contributed by atoms with Crippen molar-refractivity contribution in [3.8, 4) is 0 Å². The molecule has 0 aromatic carbocycles. The molecule has 0 amide bonds. The molecule has 0 bridgehead atoms. The molecule has 1 N–H and O–H groups in total. The van der Waals surface area contributed by atoms with E-state index in [1.807, 2.05) is 37.8 Å². The zero-order valence-electron chi connectivity index (χ0n) is 12.5. The largest absolute Gasteiger partial charge is 0.307 e. The molecule has 3 heterocycles. The highest BCUT2D eigenvalue weighted by Gasteiger charge is 2.06. The Kier molecular flexibility index (Phi) is 3.62. The summed E-state index contributed by atoms with van der Waals surface area (Å²) in [6.45, 7) is 5.37. The number of hydrogen-bond donors (Lipinski definition) is 1. The molecule has 0 radical (unpaired) electrons. The van der Waals surface area contributed by atoms with Gasteiger partial charge in [0, 0.05) is 37.9 Å². The Morgan fingerprint density at radius 3 is 2.86 bits per heavy atom. The zero-order chi connectivity index (χ0) is 14.8. The summed E-state index contributed by atoms with van der Waals surface area (Å²) in [7, 11) is 1.91. The van der Waals surface area contributed by atoms with Gasteiger partial charge in [-0.1, -0.05) is 0 Å². The molecule has 0 aliphatic rings. The fourth-order valence-electron chi connectivity index (χ4n) is 2.39. The maximum absolute atomic E-state index is 4.48. The van der Waals surface area contributed by atoms with Gasteiger partial charge in [0.05, 0.1) is 11.4 Å². The van der Waals surface area contributed by atoms with Crippen molar-refractivity contribution in [2.45, 2.75) is 26.9 Å². The predicted molar refractivity (Wildman–Crippen MR) is 80.6 cm³/mol. The predicted octanol–water partition coefficient (Wildman–Crippen LogP) is 1.66. The first-order chi connectivity index (χ1) is 10.1. The van der Waals surface area contributed by atoms with Gasteiger partial charge in [-0.25, -0.2) is 15.0 Å². The Bertz CT molecular complexity index is 777. The summed E-state index contributed by atoms with van der Waals surface area (Å²) < 4.78 is 1.81. The van der Waals surface area contributed by atoms with Gasteiger partial charge in [-0.05, 0) is 31.5 Å². The normalized spacial score (nSPS) is 11.2. The maximum atomic E-state index is 4.48. The number of nitrogens with one attached hydrogen (secondary N) is 1. The van der Waals surface area contributed by atoms with Crippen LogP contribution >= 0.6 is 0 Å². The number of rotatable bonds is 4. The zero-order valence-corrected chi connectivity index (χ0v) is 12.5. The van der Waals surface area contributed by atoms with E-state index in [4.69, 9.17) is 0 Å². The monoisotopic (exact) mass is 282 g/mol. The van der Waals surface area contributed by atoms with Gasteiger partial charge in [-0.3, -0.25) is 4.68 Å². The molecule has 0 saturated heterocycles. The molecular weight excluding hydrogens is 264 g/mol. The molecule has 3 rings (SSSR count). The molecule has 0 saturated carbocycles. The molecule has 21 heavy (non-hydrogen) atoms. The third-order valence-electron chi connectivity index (χ3n) is 3.39. The second-order valence-corrected chi connectivity index (χ2v) is 5.12. The summed E-state index contributed by atoms with van der Waals surface area (Å²) in [6, 6.07) is 4.07. The Morgan fingerprint density at radius 2 is 2.05 bits per heavy atom. The lowest BCUT2D eigenvalue weighted by atomic mass is 10.2. The molecule has 6 heteroatoms. The first-order valence-electron chi connectivity index (χ1n) is 6.91. The minimum Gasteiger partial charge on any atom is -0.307 e. The molecule has 6 nitrogen and oxygen atoms in total. The minimum atomic E-state index is 0.716. The fraction of sp³-hybridized carbons (Fsp3) is 0.333. The molecular formula is C15H18N6. The van der Waals surface area contributed by atoms with E-state index in [1.54, 1.807) is 6.20 Å². The van der Waals surface area contributed by atoms with Crippen LogP contribution in [-0.4, -0.2) is 24.7 Å². The number of nitrogens with zero attached hydrogens (tertiary/aromatic N) is 5. The Hall–Kier alpha value is -2.34. The van der Waals surface area contributed by atoms with Crippen molar-refractivity contribution in [1.82, 2.24) is 30.0 Å². The lowest BCUT2D eigenvalue weighted by molar-refractivity contribution is 0.674. The third-order valence-corrected chi connectivity index (χ3v) is 3.39. The second kappa shape index (κ2) is 5.57. The van der Waals surface area contributed by atoms with Crippen LogP contribution in [0.2, 0.25) is 0 Å². The highest BCUT2D eigenvalue weighted by molar-refractivity contribution is 5.78. The smallest absolute Gasteiger partial charge is 0.157 e. The molecule has 3 aromatic rings. The molecule has 0 unspecified atom stereocenters. The van der Waals surface area contributed by atoms with Crippen LogP contribution in [0.25, 0.3) is 11.0 Å². The van der Waals surface area contributed by atoms with Gasteiger partial charge in [-0.2, -0.15) is 5.10 Å². The summed E-state index contributed by atoms with van der Waals surface area (Å²) in [6.07, 6.45) is 3.67. The van der Waals surface area contributed by atoms with Crippen molar-refractivity contribution in [1.29, 1.82) is 0 Å². The van der Waals surface area contributed by atoms with Crippen LogP contribution in [0.3, 0.4) is 0 Å². The van der Waals surface area contributed by atoms with Crippen LogP contribution < -0.4 is 5.32 Å². The van der Waals surface area contributed by atoms with E-state index in [-0.39, 0.29) is 0 Å². The van der Waals surface area contributed by atoms with E-state index in [1.165, 1.54) is 0 Å². The molecule has 0 aliphatic carbocycles. The SMILES string of the molecule is Cc1nccc(CNCc2cnc3c(c2)c(C)nn3C)n1. The summed E-state index contributed by atoms with van der Waals surface area (Å²) in [5.41, 5.74) is 4.06. The van der Waals surface area contributed by atoms with Crippen molar-refractivity contribution in [2.24, 2.45) is 7.05 Å². The van der Waals surface area contributed by atoms with Gasteiger partial charge in [0.2, 0.25) is 0 Å². The Morgan fingerprint density at radius 1 is 1.19 bits per heavy atom. The first-order valence-corrected chi connectivity index (χ1v) is 6.91. The van der Waals surface area contributed by atoms with E-state index in [2.05, 4.69) is 31.4 Å². The molecule has 0 fully saturated rings. The number of hydrogen-bond acceptors (Lipinski definition) is 5. The topological polar surface area (TPSA) is 68.5 Å². The third kappa shape index (κ3) is 2.90. The highest BCUT2D eigenvalue weighted by atomic mass is 15.3. The van der Waals surface area contributed by atoms with Gasteiger partial charge >= 0.3 is 0 Å². The summed E-state index contributed by atoms with van der Waals surface area (Å²) in [4.78, 5) is 12.9. The van der Waals surface area contributed by atoms with Crippen molar-refractivity contribution < 1.29 is 0 Å². The maximum Gasteiger partial charge on any atom is 0.157 e. The van der Waals surface area contributed by atoms with Crippen LogP contribution in [0.5, 0.6) is 0 Å². The number of aryl methyl sites for hydroxylation is 3. The summed E-state index contributed by atoms with van der Waals surface area (Å²) >= 11 is 0. The van der Waals surface area contributed by atoms with E-state index in [0.717, 1.165) is 40.4 Å². The standard InChI is InChI=1S/C15H18N6/c1-10-14-6-12(8-18-15(14)21(3)20-10)7-16-9-13-4-5-17-11(2)19-13/h4-6,8,16H,7,9H2,1-3H3.